The predicted octanol–water partition coefficient (Wildman–Crippen LogP) is 3.79. The van der Waals surface area contributed by atoms with E-state index < -0.39 is 0 Å². The lowest BCUT2D eigenvalue weighted by atomic mass is 10.0. The van der Waals surface area contributed by atoms with Crippen LogP contribution in [0.4, 0.5) is 0 Å². The summed E-state index contributed by atoms with van der Waals surface area (Å²) < 4.78 is 0. The number of aromatic nitrogens is 1. The van der Waals surface area contributed by atoms with Gasteiger partial charge in [-0.3, -0.25) is 4.79 Å². The second-order valence-electron chi connectivity index (χ2n) is 5.73. The van der Waals surface area contributed by atoms with Crippen LogP contribution in [0.1, 0.15) is 44.1 Å². The fourth-order valence-electron chi connectivity index (χ4n) is 2.15. The molecule has 0 bridgehead atoms. The van der Waals surface area contributed by atoms with Crippen molar-refractivity contribution in [3.05, 3.63) is 42.1 Å². The largest absolute Gasteiger partial charge is 0.348 e. The Hall–Kier alpha value is -1.90. The maximum Gasteiger partial charge on any atom is 0.270 e. The number of pyridine rings is 1. The first kappa shape index (κ1) is 14.5. The molecule has 0 aliphatic rings. The van der Waals surface area contributed by atoms with Crippen LogP contribution in [0.5, 0.6) is 0 Å². The van der Waals surface area contributed by atoms with Crippen LogP contribution in [0.2, 0.25) is 0 Å². The van der Waals surface area contributed by atoms with E-state index in [0.717, 1.165) is 23.7 Å². The van der Waals surface area contributed by atoms with Crippen molar-refractivity contribution in [2.45, 2.75) is 39.7 Å². The zero-order valence-corrected chi connectivity index (χ0v) is 12.4. The van der Waals surface area contributed by atoms with Crippen molar-refractivity contribution in [3.63, 3.8) is 0 Å². The summed E-state index contributed by atoms with van der Waals surface area (Å²) in [6, 6.07) is 11.7. The van der Waals surface area contributed by atoms with Crippen LogP contribution in [0.15, 0.2) is 36.4 Å². The van der Waals surface area contributed by atoms with Gasteiger partial charge in [0.2, 0.25) is 0 Å². The van der Waals surface area contributed by atoms with E-state index in [9.17, 15) is 4.79 Å². The molecule has 0 fully saturated rings. The Morgan fingerprint density at radius 2 is 1.85 bits per heavy atom. The second kappa shape index (κ2) is 6.51. The minimum absolute atomic E-state index is 0.0907. The van der Waals surface area contributed by atoms with Crippen molar-refractivity contribution in [3.8, 4) is 0 Å². The van der Waals surface area contributed by atoms with Crippen molar-refractivity contribution >= 4 is 16.8 Å². The fourth-order valence-corrected chi connectivity index (χ4v) is 2.15. The molecule has 0 saturated heterocycles. The van der Waals surface area contributed by atoms with Crippen LogP contribution < -0.4 is 5.32 Å². The van der Waals surface area contributed by atoms with Gasteiger partial charge in [0.15, 0.2) is 0 Å². The molecule has 0 spiro atoms. The molecule has 0 saturated carbocycles. The van der Waals surface area contributed by atoms with Crippen LogP contribution in [-0.4, -0.2) is 16.9 Å². The highest BCUT2D eigenvalue weighted by Gasteiger charge is 2.11. The molecule has 1 aromatic heterocycles. The molecule has 106 valence electrons. The summed E-state index contributed by atoms with van der Waals surface area (Å²) in [5.41, 5.74) is 1.34. The molecule has 1 heterocycles. The van der Waals surface area contributed by atoms with Gasteiger partial charge in [-0.1, -0.05) is 38.1 Å². The molecule has 0 aliphatic heterocycles. The lowest BCUT2D eigenvalue weighted by Gasteiger charge is -2.14. The van der Waals surface area contributed by atoms with Crippen molar-refractivity contribution < 1.29 is 4.79 Å². The number of nitrogens with one attached hydrogen (secondary N) is 1. The lowest BCUT2D eigenvalue weighted by Crippen LogP contribution is -2.33. The summed E-state index contributed by atoms with van der Waals surface area (Å²) in [7, 11) is 0. The maximum absolute atomic E-state index is 12.2. The molecule has 1 unspecified atom stereocenters. The maximum atomic E-state index is 12.2. The van der Waals surface area contributed by atoms with Crippen LogP contribution in [0.3, 0.4) is 0 Å². The van der Waals surface area contributed by atoms with E-state index in [0.29, 0.717) is 11.6 Å². The second-order valence-corrected chi connectivity index (χ2v) is 5.73. The zero-order chi connectivity index (χ0) is 14.5. The number of carbonyl (C=O) groups excluding carboxylic acids is 1. The zero-order valence-electron chi connectivity index (χ0n) is 12.4. The van der Waals surface area contributed by atoms with Crippen molar-refractivity contribution in [2.75, 3.05) is 0 Å². The SMILES string of the molecule is CC(C)CCC(C)NC(=O)c1ccc2ccccc2n1. The van der Waals surface area contributed by atoms with E-state index >= 15 is 0 Å². The Bertz CT molecular complexity index is 592. The average Bonchev–Trinajstić information content (AvgIpc) is 2.44. The summed E-state index contributed by atoms with van der Waals surface area (Å²) in [6.45, 7) is 6.43. The van der Waals surface area contributed by atoms with E-state index in [1.165, 1.54) is 0 Å². The average molecular weight is 270 g/mol. The van der Waals surface area contributed by atoms with Gasteiger partial charge in [0, 0.05) is 11.4 Å². The van der Waals surface area contributed by atoms with E-state index in [2.05, 4.69) is 24.1 Å². The monoisotopic (exact) mass is 270 g/mol. The van der Waals surface area contributed by atoms with E-state index in [1.54, 1.807) is 6.07 Å². The van der Waals surface area contributed by atoms with Gasteiger partial charge in [0.25, 0.3) is 5.91 Å². The molecule has 3 nitrogen and oxygen atoms in total. The standard InChI is InChI=1S/C17H22N2O/c1-12(2)8-9-13(3)18-17(20)16-11-10-14-6-4-5-7-15(14)19-16/h4-7,10-13H,8-9H2,1-3H3,(H,18,20). The molecule has 2 rings (SSSR count). The minimum Gasteiger partial charge on any atom is -0.348 e. The molecule has 1 N–H and O–H groups in total. The Labute approximate surface area is 120 Å². The van der Waals surface area contributed by atoms with Crippen LogP contribution >= 0.6 is 0 Å². The lowest BCUT2D eigenvalue weighted by molar-refractivity contribution is 0.0932. The quantitative estimate of drug-likeness (QED) is 0.898. The van der Waals surface area contributed by atoms with E-state index in [-0.39, 0.29) is 11.9 Å². The molecule has 20 heavy (non-hydrogen) atoms. The first-order chi connectivity index (χ1) is 9.56. The van der Waals surface area contributed by atoms with Crippen molar-refractivity contribution in [1.82, 2.24) is 10.3 Å². The Morgan fingerprint density at radius 3 is 2.60 bits per heavy atom. The molecule has 1 aromatic carbocycles. The summed E-state index contributed by atoms with van der Waals surface area (Å²) in [4.78, 5) is 16.6. The Kier molecular flexibility index (Phi) is 4.72. The molecule has 1 atom stereocenters. The molecule has 1 amide bonds. The van der Waals surface area contributed by atoms with Gasteiger partial charge in [-0.2, -0.15) is 0 Å². The van der Waals surface area contributed by atoms with Gasteiger partial charge in [-0.05, 0) is 37.8 Å². The Balaban J connectivity index is 2.03. The number of nitrogens with zero attached hydrogens (tertiary/aromatic N) is 1. The van der Waals surface area contributed by atoms with Gasteiger partial charge in [0.05, 0.1) is 5.52 Å². The summed E-state index contributed by atoms with van der Waals surface area (Å²) in [5, 5.41) is 4.07. The van der Waals surface area contributed by atoms with Gasteiger partial charge in [0.1, 0.15) is 5.69 Å². The van der Waals surface area contributed by atoms with Crippen molar-refractivity contribution in [1.29, 1.82) is 0 Å². The summed E-state index contributed by atoms with van der Waals surface area (Å²) >= 11 is 0. The number of para-hydroxylation sites is 1. The Morgan fingerprint density at radius 1 is 1.10 bits per heavy atom. The summed E-state index contributed by atoms with van der Waals surface area (Å²) in [5.74, 6) is 0.570. The number of amides is 1. The number of carbonyl (C=O) groups is 1. The summed E-state index contributed by atoms with van der Waals surface area (Å²) in [6.07, 6.45) is 2.11. The third-order valence-corrected chi connectivity index (χ3v) is 3.39. The molecule has 2 aromatic rings. The van der Waals surface area contributed by atoms with Crippen molar-refractivity contribution in [2.24, 2.45) is 5.92 Å². The van der Waals surface area contributed by atoms with Gasteiger partial charge in [-0.25, -0.2) is 4.98 Å². The molecule has 3 heteroatoms. The molecular weight excluding hydrogens is 248 g/mol. The highest BCUT2D eigenvalue weighted by Crippen LogP contribution is 2.12. The number of benzene rings is 1. The first-order valence-corrected chi connectivity index (χ1v) is 7.23. The third kappa shape index (κ3) is 3.80. The number of hydrogen-bond acceptors (Lipinski definition) is 2. The first-order valence-electron chi connectivity index (χ1n) is 7.23. The molecular formula is C17H22N2O. The molecule has 0 aliphatic carbocycles. The van der Waals surface area contributed by atoms with E-state index in [4.69, 9.17) is 0 Å². The number of fused-ring (bicyclic) bond motifs is 1. The van der Waals surface area contributed by atoms with Crippen LogP contribution in [0.25, 0.3) is 10.9 Å². The third-order valence-electron chi connectivity index (χ3n) is 3.39. The number of rotatable bonds is 5. The van der Waals surface area contributed by atoms with Crippen LogP contribution in [-0.2, 0) is 0 Å². The number of hydrogen-bond donors (Lipinski definition) is 1. The minimum atomic E-state index is -0.0907. The normalized spacial score (nSPS) is 12.6. The van der Waals surface area contributed by atoms with E-state index in [1.807, 2.05) is 37.3 Å². The topological polar surface area (TPSA) is 42.0 Å². The fraction of sp³-hybridized carbons (Fsp3) is 0.412. The van der Waals surface area contributed by atoms with Gasteiger partial charge >= 0.3 is 0 Å². The van der Waals surface area contributed by atoms with Gasteiger partial charge < -0.3 is 5.32 Å². The van der Waals surface area contributed by atoms with Gasteiger partial charge in [-0.15, -0.1) is 0 Å². The highest BCUT2D eigenvalue weighted by atomic mass is 16.1. The highest BCUT2D eigenvalue weighted by molar-refractivity contribution is 5.94. The van der Waals surface area contributed by atoms with Crippen LogP contribution in [0, 0.1) is 5.92 Å². The predicted molar refractivity (Wildman–Crippen MR) is 82.7 cm³/mol. The smallest absolute Gasteiger partial charge is 0.270 e. The molecule has 0 radical (unpaired) electrons.